The monoisotopic (exact) mass is 381 g/mol. The van der Waals surface area contributed by atoms with Gasteiger partial charge in [0.1, 0.15) is 0 Å². The Labute approximate surface area is 164 Å². The zero-order chi connectivity index (χ0) is 19.9. The lowest BCUT2D eigenvalue weighted by Crippen LogP contribution is -2.26. The zero-order valence-electron chi connectivity index (χ0n) is 16.0. The summed E-state index contributed by atoms with van der Waals surface area (Å²) in [6.45, 7) is 1.63. The van der Waals surface area contributed by atoms with Gasteiger partial charge >= 0.3 is 0 Å². The molecule has 0 spiro atoms. The summed E-state index contributed by atoms with van der Waals surface area (Å²) in [6.07, 6.45) is 0.882. The van der Waals surface area contributed by atoms with Crippen molar-refractivity contribution in [1.29, 1.82) is 5.26 Å². The number of rotatable bonds is 7. The largest absolute Gasteiger partial charge is 0.493 e. The first-order valence-corrected chi connectivity index (χ1v) is 9.02. The van der Waals surface area contributed by atoms with Crippen LogP contribution in [0.2, 0.25) is 0 Å². The van der Waals surface area contributed by atoms with Crippen LogP contribution in [0.15, 0.2) is 36.4 Å². The van der Waals surface area contributed by atoms with Crippen LogP contribution in [-0.2, 0) is 11.3 Å². The third-order valence-electron chi connectivity index (χ3n) is 4.58. The molecule has 1 amide bonds. The van der Waals surface area contributed by atoms with Crippen LogP contribution < -0.4 is 20.1 Å². The number of carbonyl (C=O) groups excluding carboxylic acids is 1. The number of anilines is 1. The van der Waals surface area contributed by atoms with Crippen molar-refractivity contribution < 1.29 is 19.0 Å². The Morgan fingerprint density at radius 3 is 2.71 bits per heavy atom. The summed E-state index contributed by atoms with van der Waals surface area (Å²) < 4.78 is 15.9. The standard InChI is InChI=1S/C21H23N3O4/c1-26-19-6-4-15(10-20(19)27-2)12-23-21(25)17-9-14(11-22)3-5-18(17)24-16-7-8-28-13-16/h3-6,9-10,16,24H,7-8,12-13H2,1-2H3,(H,23,25). The smallest absolute Gasteiger partial charge is 0.253 e. The minimum Gasteiger partial charge on any atom is -0.493 e. The van der Waals surface area contributed by atoms with Crippen LogP contribution in [0.5, 0.6) is 11.5 Å². The third-order valence-corrected chi connectivity index (χ3v) is 4.58. The molecular formula is C21H23N3O4. The van der Waals surface area contributed by atoms with E-state index in [1.54, 1.807) is 38.5 Å². The van der Waals surface area contributed by atoms with Gasteiger partial charge in [-0.1, -0.05) is 6.07 Å². The number of hydrogen-bond donors (Lipinski definition) is 2. The van der Waals surface area contributed by atoms with Crippen LogP contribution in [0.3, 0.4) is 0 Å². The van der Waals surface area contributed by atoms with E-state index in [0.717, 1.165) is 12.0 Å². The molecule has 1 aliphatic rings. The molecule has 0 saturated carbocycles. The number of nitrogens with one attached hydrogen (secondary N) is 2. The van der Waals surface area contributed by atoms with E-state index < -0.39 is 0 Å². The summed E-state index contributed by atoms with van der Waals surface area (Å²) in [7, 11) is 3.14. The Morgan fingerprint density at radius 2 is 2.04 bits per heavy atom. The maximum absolute atomic E-state index is 12.8. The van der Waals surface area contributed by atoms with Gasteiger partial charge in [0, 0.05) is 18.8 Å². The number of nitriles is 1. The van der Waals surface area contributed by atoms with Crippen molar-refractivity contribution in [3.05, 3.63) is 53.1 Å². The molecule has 2 aromatic carbocycles. The van der Waals surface area contributed by atoms with E-state index >= 15 is 0 Å². The molecule has 0 aliphatic carbocycles. The Hall–Kier alpha value is -3.24. The van der Waals surface area contributed by atoms with Gasteiger partial charge in [-0.05, 0) is 42.3 Å². The highest BCUT2D eigenvalue weighted by molar-refractivity contribution is 6.00. The van der Waals surface area contributed by atoms with Crippen LogP contribution in [0.1, 0.15) is 27.9 Å². The summed E-state index contributed by atoms with van der Waals surface area (Å²) in [4.78, 5) is 12.8. The van der Waals surface area contributed by atoms with Crippen molar-refractivity contribution in [2.75, 3.05) is 32.8 Å². The highest BCUT2D eigenvalue weighted by Crippen LogP contribution is 2.27. The SMILES string of the molecule is COc1ccc(CNC(=O)c2cc(C#N)ccc2NC2CCOC2)cc1OC. The minimum atomic E-state index is -0.256. The highest BCUT2D eigenvalue weighted by Gasteiger charge is 2.19. The van der Waals surface area contributed by atoms with E-state index in [1.165, 1.54) is 0 Å². The van der Waals surface area contributed by atoms with Gasteiger partial charge in [-0.2, -0.15) is 5.26 Å². The van der Waals surface area contributed by atoms with Gasteiger partial charge in [-0.15, -0.1) is 0 Å². The van der Waals surface area contributed by atoms with Crippen molar-refractivity contribution in [3.8, 4) is 17.6 Å². The predicted octanol–water partition coefficient (Wildman–Crippen LogP) is 2.71. The average Bonchev–Trinajstić information content (AvgIpc) is 3.25. The molecule has 2 N–H and O–H groups in total. The van der Waals surface area contributed by atoms with E-state index in [4.69, 9.17) is 14.2 Å². The molecule has 28 heavy (non-hydrogen) atoms. The highest BCUT2D eigenvalue weighted by atomic mass is 16.5. The molecule has 2 aromatic rings. The molecule has 0 bridgehead atoms. The Kier molecular flexibility index (Phi) is 6.35. The van der Waals surface area contributed by atoms with E-state index in [-0.39, 0.29) is 11.9 Å². The molecular weight excluding hydrogens is 358 g/mol. The number of amides is 1. The fourth-order valence-electron chi connectivity index (χ4n) is 3.06. The van der Waals surface area contributed by atoms with Crippen molar-refractivity contribution >= 4 is 11.6 Å². The molecule has 0 aromatic heterocycles. The third kappa shape index (κ3) is 4.53. The van der Waals surface area contributed by atoms with Crippen molar-refractivity contribution in [1.82, 2.24) is 5.32 Å². The number of benzene rings is 2. The van der Waals surface area contributed by atoms with Crippen LogP contribution >= 0.6 is 0 Å². The number of hydrogen-bond acceptors (Lipinski definition) is 6. The average molecular weight is 381 g/mol. The fourth-order valence-corrected chi connectivity index (χ4v) is 3.06. The molecule has 7 heteroatoms. The van der Waals surface area contributed by atoms with Gasteiger partial charge < -0.3 is 24.8 Å². The zero-order valence-corrected chi connectivity index (χ0v) is 16.0. The van der Waals surface area contributed by atoms with Crippen molar-refractivity contribution in [2.24, 2.45) is 0 Å². The van der Waals surface area contributed by atoms with Gasteiger partial charge in [0.15, 0.2) is 11.5 Å². The van der Waals surface area contributed by atoms with Crippen molar-refractivity contribution in [3.63, 3.8) is 0 Å². The van der Waals surface area contributed by atoms with Crippen LogP contribution in [-0.4, -0.2) is 39.4 Å². The van der Waals surface area contributed by atoms with E-state index in [1.807, 2.05) is 12.1 Å². The lowest BCUT2D eigenvalue weighted by Gasteiger charge is -2.16. The summed E-state index contributed by atoms with van der Waals surface area (Å²) >= 11 is 0. The molecule has 1 saturated heterocycles. The molecule has 3 rings (SSSR count). The van der Waals surface area contributed by atoms with Crippen LogP contribution in [0.25, 0.3) is 0 Å². The normalized spacial score (nSPS) is 15.5. The lowest BCUT2D eigenvalue weighted by molar-refractivity contribution is 0.0951. The second kappa shape index (κ2) is 9.11. The van der Waals surface area contributed by atoms with Gasteiger partial charge in [0.2, 0.25) is 0 Å². The second-order valence-electron chi connectivity index (χ2n) is 6.45. The molecule has 7 nitrogen and oxygen atoms in total. The number of carbonyl (C=O) groups is 1. The Morgan fingerprint density at radius 1 is 1.21 bits per heavy atom. The Bertz CT molecular complexity index is 886. The molecule has 0 radical (unpaired) electrons. The van der Waals surface area contributed by atoms with Gasteiger partial charge in [0.05, 0.1) is 44.1 Å². The van der Waals surface area contributed by atoms with E-state index in [9.17, 15) is 10.1 Å². The lowest BCUT2D eigenvalue weighted by atomic mass is 10.1. The van der Waals surface area contributed by atoms with Crippen LogP contribution in [0.4, 0.5) is 5.69 Å². The summed E-state index contributed by atoms with van der Waals surface area (Å²) in [5, 5.41) is 15.4. The number of nitrogens with zero attached hydrogens (tertiary/aromatic N) is 1. The topological polar surface area (TPSA) is 92.6 Å². The molecule has 1 aliphatic heterocycles. The first kappa shape index (κ1) is 19.5. The summed E-state index contributed by atoms with van der Waals surface area (Å²) in [5.41, 5.74) is 2.44. The summed E-state index contributed by atoms with van der Waals surface area (Å²) in [5.74, 6) is 0.974. The molecule has 1 atom stereocenters. The maximum atomic E-state index is 12.8. The van der Waals surface area contributed by atoms with Gasteiger partial charge in [-0.25, -0.2) is 0 Å². The second-order valence-corrected chi connectivity index (χ2v) is 6.45. The number of ether oxygens (including phenoxy) is 3. The van der Waals surface area contributed by atoms with E-state index in [2.05, 4.69) is 16.7 Å². The Balaban J connectivity index is 1.75. The molecule has 1 unspecified atom stereocenters. The summed E-state index contributed by atoms with van der Waals surface area (Å²) in [6, 6.07) is 12.8. The maximum Gasteiger partial charge on any atom is 0.253 e. The van der Waals surface area contributed by atoms with Crippen molar-refractivity contribution in [2.45, 2.75) is 19.0 Å². The first-order chi connectivity index (χ1) is 13.6. The predicted molar refractivity (Wildman–Crippen MR) is 105 cm³/mol. The first-order valence-electron chi connectivity index (χ1n) is 9.02. The molecule has 1 fully saturated rings. The molecule has 146 valence electrons. The van der Waals surface area contributed by atoms with Gasteiger partial charge in [-0.3, -0.25) is 4.79 Å². The van der Waals surface area contributed by atoms with E-state index in [0.29, 0.717) is 48.1 Å². The van der Waals surface area contributed by atoms with Crippen LogP contribution in [0, 0.1) is 11.3 Å². The minimum absolute atomic E-state index is 0.158. The number of methoxy groups -OCH3 is 2. The molecule has 1 heterocycles. The quantitative estimate of drug-likeness (QED) is 0.766. The fraction of sp³-hybridized carbons (Fsp3) is 0.333. The van der Waals surface area contributed by atoms with Gasteiger partial charge in [0.25, 0.3) is 5.91 Å².